The maximum absolute atomic E-state index is 12.4. The van der Waals surface area contributed by atoms with Gasteiger partial charge < -0.3 is 10.5 Å². The van der Waals surface area contributed by atoms with E-state index in [4.69, 9.17) is 22.1 Å². The second kappa shape index (κ2) is 7.60. The van der Waals surface area contributed by atoms with E-state index in [2.05, 4.69) is 22.7 Å². The van der Waals surface area contributed by atoms with Crippen LogP contribution >= 0.6 is 35.2 Å². The number of carbonyl (C=O) groups is 1. The van der Waals surface area contributed by atoms with E-state index in [1.165, 1.54) is 17.6 Å². The van der Waals surface area contributed by atoms with Gasteiger partial charge >= 0.3 is 5.97 Å². The third-order valence-corrected chi connectivity index (χ3v) is 4.92. The maximum atomic E-state index is 12.4. The summed E-state index contributed by atoms with van der Waals surface area (Å²) in [6.45, 7) is 0. The van der Waals surface area contributed by atoms with Crippen molar-refractivity contribution in [3.63, 3.8) is 0 Å². The number of hydrogen-bond donors (Lipinski definition) is 2. The van der Waals surface area contributed by atoms with Crippen molar-refractivity contribution in [1.82, 2.24) is 5.43 Å². The minimum absolute atomic E-state index is 0.0678. The highest BCUT2D eigenvalue weighted by Crippen LogP contribution is 2.35. The lowest BCUT2D eigenvalue weighted by molar-refractivity contribution is 0.0740. The lowest BCUT2D eigenvalue weighted by atomic mass is 10.2. The van der Waals surface area contributed by atoms with Crippen LogP contribution in [-0.4, -0.2) is 17.3 Å². The first kappa shape index (κ1) is 17.3. The Labute approximate surface area is 158 Å². The summed E-state index contributed by atoms with van der Waals surface area (Å²) in [6.07, 6.45) is 1.52. The molecule has 5 nitrogen and oxygen atoms in total. The highest BCUT2D eigenvalue weighted by Gasteiger charge is 2.18. The van der Waals surface area contributed by atoms with E-state index in [1.54, 1.807) is 24.3 Å². The zero-order valence-electron chi connectivity index (χ0n) is 12.7. The monoisotopic (exact) mass is 389 g/mol. The first-order valence-corrected chi connectivity index (χ1v) is 8.72. The average molecular weight is 390 g/mol. The SMILES string of the molecule is NC(=S)NN=Cc1cccc(OC(=O)c2sc3ccccc3c2Cl)c1. The number of rotatable bonds is 4. The number of benzene rings is 2. The van der Waals surface area contributed by atoms with Crippen LogP contribution in [0.5, 0.6) is 5.75 Å². The molecule has 0 amide bonds. The van der Waals surface area contributed by atoms with Gasteiger partial charge in [0.15, 0.2) is 5.11 Å². The summed E-state index contributed by atoms with van der Waals surface area (Å²) >= 11 is 12.3. The second-order valence-corrected chi connectivity index (χ2v) is 6.81. The molecule has 3 rings (SSSR count). The number of fused-ring (bicyclic) bond motifs is 1. The third kappa shape index (κ3) is 4.14. The maximum Gasteiger partial charge on any atom is 0.355 e. The van der Waals surface area contributed by atoms with Gasteiger partial charge in [-0.1, -0.05) is 41.9 Å². The molecule has 0 radical (unpaired) electrons. The second-order valence-electron chi connectivity index (χ2n) is 4.94. The lowest BCUT2D eigenvalue weighted by Gasteiger charge is -2.04. The van der Waals surface area contributed by atoms with Crippen molar-refractivity contribution in [2.75, 3.05) is 0 Å². The molecule has 8 heteroatoms. The molecule has 0 unspecified atom stereocenters. The molecule has 2 aromatic carbocycles. The van der Waals surface area contributed by atoms with Crippen molar-refractivity contribution in [3.8, 4) is 5.75 Å². The molecule has 0 fully saturated rings. The van der Waals surface area contributed by atoms with Crippen molar-refractivity contribution in [3.05, 3.63) is 64.0 Å². The quantitative estimate of drug-likeness (QED) is 0.232. The topological polar surface area (TPSA) is 76.7 Å². The van der Waals surface area contributed by atoms with Crippen molar-refractivity contribution in [2.45, 2.75) is 0 Å². The molecule has 3 aromatic rings. The Bertz CT molecular complexity index is 985. The van der Waals surface area contributed by atoms with Gasteiger partial charge in [-0.3, -0.25) is 5.43 Å². The molecule has 1 aromatic heterocycles. The molecular formula is C17H12ClN3O2S2. The van der Waals surface area contributed by atoms with Crippen LogP contribution < -0.4 is 15.9 Å². The number of hydrogen-bond acceptors (Lipinski definition) is 5. The number of thiocarbonyl (C=S) groups is 1. The van der Waals surface area contributed by atoms with Crippen LogP contribution in [0, 0.1) is 0 Å². The van der Waals surface area contributed by atoms with Crippen LogP contribution in [0.1, 0.15) is 15.2 Å². The summed E-state index contributed by atoms with van der Waals surface area (Å²) in [5.74, 6) is -0.112. The highest BCUT2D eigenvalue weighted by atomic mass is 35.5. The van der Waals surface area contributed by atoms with E-state index in [1.807, 2.05) is 24.3 Å². The van der Waals surface area contributed by atoms with Gasteiger partial charge in [-0.15, -0.1) is 11.3 Å². The van der Waals surface area contributed by atoms with Crippen molar-refractivity contribution < 1.29 is 9.53 Å². The fraction of sp³-hybridized carbons (Fsp3) is 0. The number of nitrogens with one attached hydrogen (secondary N) is 1. The van der Waals surface area contributed by atoms with Crippen LogP contribution in [0.3, 0.4) is 0 Å². The fourth-order valence-corrected chi connectivity index (χ4v) is 3.57. The Morgan fingerprint density at radius 2 is 2.08 bits per heavy atom. The van der Waals surface area contributed by atoms with Crippen LogP contribution in [0.15, 0.2) is 53.6 Å². The molecule has 126 valence electrons. The summed E-state index contributed by atoms with van der Waals surface area (Å²) < 4.78 is 6.37. The van der Waals surface area contributed by atoms with E-state index in [0.717, 1.165) is 15.6 Å². The molecule has 0 saturated carbocycles. The summed E-state index contributed by atoms with van der Waals surface area (Å²) in [5, 5.41) is 5.17. The number of halogens is 1. The van der Waals surface area contributed by atoms with Crippen molar-refractivity contribution in [1.29, 1.82) is 0 Å². The Hall–Kier alpha value is -2.48. The number of hydrazone groups is 1. The van der Waals surface area contributed by atoms with Gasteiger partial charge in [0.05, 0.1) is 11.2 Å². The van der Waals surface area contributed by atoms with Gasteiger partial charge in [0.25, 0.3) is 0 Å². The minimum Gasteiger partial charge on any atom is -0.422 e. The third-order valence-electron chi connectivity index (χ3n) is 3.18. The Kier molecular flexibility index (Phi) is 5.28. The van der Waals surface area contributed by atoms with E-state index in [0.29, 0.717) is 15.6 Å². The molecule has 25 heavy (non-hydrogen) atoms. The summed E-state index contributed by atoms with van der Waals surface area (Å²) in [6, 6.07) is 14.5. The smallest absolute Gasteiger partial charge is 0.355 e. The van der Waals surface area contributed by atoms with Crippen molar-refractivity contribution >= 4 is 62.5 Å². The largest absolute Gasteiger partial charge is 0.422 e. The molecule has 3 N–H and O–H groups in total. The van der Waals surface area contributed by atoms with E-state index >= 15 is 0 Å². The van der Waals surface area contributed by atoms with Crippen LogP contribution in [0.2, 0.25) is 5.02 Å². The first-order valence-electron chi connectivity index (χ1n) is 7.12. The standard InChI is InChI=1S/C17H12ClN3O2S2/c18-14-12-6-1-2-7-13(12)25-15(14)16(22)23-11-5-3-4-10(8-11)9-20-21-17(19)24/h1-9H,(H3,19,21,24). The molecule has 0 saturated heterocycles. The number of esters is 1. The number of carbonyl (C=O) groups excluding carboxylic acids is 1. The highest BCUT2D eigenvalue weighted by molar-refractivity contribution is 7.80. The van der Waals surface area contributed by atoms with Crippen LogP contribution in [-0.2, 0) is 0 Å². The average Bonchev–Trinajstić information content (AvgIpc) is 2.92. The first-order chi connectivity index (χ1) is 12.0. The summed E-state index contributed by atoms with van der Waals surface area (Å²) in [7, 11) is 0. The Morgan fingerprint density at radius 1 is 1.28 bits per heavy atom. The van der Waals surface area contributed by atoms with Gasteiger partial charge in [0, 0.05) is 10.1 Å². The van der Waals surface area contributed by atoms with E-state index in [-0.39, 0.29) is 5.11 Å². The Balaban J connectivity index is 1.79. The number of nitrogens with two attached hydrogens (primary N) is 1. The zero-order chi connectivity index (χ0) is 17.8. The van der Waals surface area contributed by atoms with Gasteiger partial charge in [0.1, 0.15) is 10.6 Å². The number of thiophene rings is 1. The lowest BCUT2D eigenvalue weighted by Crippen LogP contribution is -2.23. The molecule has 0 aliphatic carbocycles. The zero-order valence-corrected chi connectivity index (χ0v) is 15.1. The summed E-state index contributed by atoms with van der Waals surface area (Å²) in [5.41, 5.74) is 8.47. The van der Waals surface area contributed by atoms with Gasteiger partial charge in [-0.25, -0.2) is 4.79 Å². The van der Waals surface area contributed by atoms with Crippen molar-refractivity contribution in [2.24, 2.45) is 10.8 Å². The van der Waals surface area contributed by atoms with Crippen LogP contribution in [0.25, 0.3) is 10.1 Å². The predicted molar refractivity (Wildman–Crippen MR) is 106 cm³/mol. The molecule has 0 aliphatic heterocycles. The van der Waals surface area contributed by atoms with E-state index in [9.17, 15) is 4.79 Å². The predicted octanol–water partition coefficient (Wildman–Crippen LogP) is 3.94. The number of ether oxygens (including phenoxy) is 1. The van der Waals surface area contributed by atoms with Gasteiger partial charge in [0.2, 0.25) is 0 Å². The molecule has 1 heterocycles. The van der Waals surface area contributed by atoms with Gasteiger partial charge in [-0.05, 0) is 36.0 Å². The molecular weight excluding hydrogens is 378 g/mol. The number of nitrogens with zero attached hydrogens (tertiary/aromatic N) is 1. The Morgan fingerprint density at radius 3 is 2.84 bits per heavy atom. The summed E-state index contributed by atoms with van der Waals surface area (Å²) in [4.78, 5) is 12.8. The molecule has 0 atom stereocenters. The van der Waals surface area contributed by atoms with Crippen LogP contribution in [0.4, 0.5) is 0 Å². The normalized spacial score (nSPS) is 10.9. The minimum atomic E-state index is -0.499. The van der Waals surface area contributed by atoms with Gasteiger partial charge in [-0.2, -0.15) is 5.10 Å². The molecule has 0 bridgehead atoms. The fourth-order valence-electron chi connectivity index (χ4n) is 2.13. The molecule has 0 spiro atoms. The van der Waals surface area contributed by atoms with E-state index < -0.39 is 5.97 Å². The molecule has 0 aliphatic rings.